The van der Waals surface area contributed by atoms with Gasteiger partial charge in [-0.25, -0.2) is 4.79 Å². The minimum Gasteiger partial charge on any atom is -0.455 e. The Hall–Kier alpha value is -2.17. The third-order valence-electron chi connectivity index (χ3n) is 2.30. The number of esters is 1. The molecule has 0 aliphatic heterocycles. The van der Waals surface area contributed by atoms with Crippen molar-refractivity contribution < 1.29 is 9.53 Å². The first-order valence-corrected chi connectivity index (χ1v) is 5.63. The summed E-state index contributed by atoms with van der Waals surface area (Å²) in [5.41, 5.74) is 6.36. The molecule has 18 heavy (non-hydrogen) atoms. The van der Waals surface area contributed by atoms with E-state index in [4.69, 9.17) is 10.5 Å². The number of fused-ring (bicyclic) bond motifs is 1. The van der Waals surface area contributed by atoms with Crippen LogP contribution in [0.1, 0.15) is 31.3 Å². The second-order valence-electron chi connectivity index (χ2n) is 4.98. The Morgan fingerprint density at radius 3 is 2.56 bits per heavy atom. The Bertz CT molecular complexity index is 603. The molecule has 0 amide bonds. The highest BCUT2D eigenvalue weighted by atomic mass is 16.6. The maximum absolute atomic E-state index is 11.9. The van der Waals surface area contributed by atoms with E-state index in [-0.39, 0.29) is 5.69 Å². The molecule has 0 aliphatic rings. The summed E-state index contributed by atoms with van der Waals surface area (Å²) in [5.74, 6) is -0.557. The summed E-state index contributed by atoms with van der Waals surface area (Å²) in [4.78, 5) is 11.9. The van der Waals surface area contributed by atoms with Crippen LogP contribution in [-0.4, -0.2) is 21.8 Å². The van der Waals surface area contributed by atoms with Gasteiger partial charge in [-0.05, 0) is 26.8 Å². The topological polar surface area (TPSA) is 78.1 Å². The lowest BCUT2D eigenvalue weighted by molar-refractivity contribution is 0.00633. The zero-order valence-electron chi connectivity index (χ0n) is 10.6. The quantitative estimate of drug-likeness (QED) is 0.779. The van der Waals surface area contributed by atoms with E-state index in [0.717, 1.165) is 0 Å². The molecule has 0 radical (unpaired) electrons. The first-order chi connectivity index (χ1) is 8.38. The fraction of sp³-hybridized carbons (Fsp3) is 0.308. The van der Waals surface area contributed by atoms with E-state index in [2.05, 4.69) is 10.2 Å². The van der Waals surface area contributed by atoms with E-state index in [0.29, 0.717) is 16.6 Å². The third kappa shape index (κ3) is 2.40. The van der Waals surface area contributed by atoms with Crippen LogP contribution in [-0.2, 0) is 4.74 Å². The maximum atomic E-state index is 11.9. The zero-order valence-corrected chi connectivity index (χ0v) is 10.6. The fourth-order valence-corrected chi connectivity index (χ4v) is 1.55. The van der Waals surface area contributed by atoms with Gasteiger partial charge < -0.3 is 10.5 Å². The molecule has 0 bridgehead atoms. The molecule has 2 aromatic rings. The van der Waals surface area contributed by atoms with E-state index >= 15 is 0 Å². The minimum atomic E-state index is -0.586. The van der Waals surface area contributed by atoms with Gasteiger partial charge in [-0.15, -0.1) is 10.2 Å². The Labute approximate surface area is 105 Å². The molecule has 2 rings (SSSR count). The second-order valence-corrected chi connectivity index (χ2v) is 4.98. The van der Waals surface area contributed by atoms with Crippen molar-refractivity contribution in [2.45, 2.75) is 26.4 Å². The highest BCUT2D eigenvalue weighted by molar-refractivity contribution is 6.02. The summed E-state index contributed by atoms with van der Waals surface area (Å²) in [5, 5.41) is 8.51. The number of carbonyl (C=O) groups is 1. The van der Waals surface area contributed by atoms with Crippen LogP contribution >= 0.6 is 0 Å². The smallest absolute Gasteiger partial charge is 0.361 e. The first-order valence-electron chi connectivity index (χ1n) is 5.63. The van der Waals surface area contributed by atoms with E-state index < -0.39 is 11.6 Å². The molecule has 5 nitrogen and oxygen atoms in total. The summed E-state index contributed by atoms with van der Waals surface area (Å²) in [6.07, 6.45) is 0. The van der Waals surface area contributed by atoms with Gasteiger partial charge in [0, 0.05) is 5.39 Å². The number of nitrogens with two attached hydrogens (primary N) is 1. The van der Waals surface area contributed by atoms with Crippen molar-refractivity contribution in [2.75, 3.05) is 5.73 Å². The molecular formula is C13H15N3O2. The molecule has 0 aliphatic carbocycles. The molecule has 1 aromatic heterocycles. The number of nitrogens with zero attached hydrogens (tertiary/aromatic N) is 2. The Morgan fingerprint density at radius 1 is 1.22 bits per heavy atom. The molecule has 0 saturated heterocycles. The molecule has 5 heteroatoms. The van der Waals surface area contributed by atoms with Crippen LogP contribution in [0.4, 0.5) is 5.69 Å². The van der Waals surface area contributed by atoms with Crippen LogP contribution in [0.3, 0.4) is 0 Å². The van der Waals surface area contributed by atoms with Crippen LogP contribution in [0.5, 0.6) is 0 Å². The molecule has 2 N–H and O–H groups in total. The molecule has 1 heterocycles. The number of benzene rings is 1. The van der Waals surface area contributed by atoms with Gasteiger partial charge >= 0.3 is 5.97 Å². The lowest BCUT2D eigenvalue weighted by Crippen LogP contribution is -2.25. The lowest BCUT2D eigenvalue weighted by atomic mass is 10.1. The van der Waals surface area contributed by atoms with E-state index in [1.165, 1.54) is 0 Å². The summed E-state index contributed by atoms with van der Waals surface area (Å²) < 4.78 is 5.23. The highest BCUT2D eigenvalue weighted by Gasteiger charge is 2.22. The molecular weight excluding hydrogens is 230 g/mol. The van der Waals surface area contributed by atoms with Crippen molar-refractivity contribution in [3.63, 3.8) is 0 Å². The Morgan fingerprint density at radius 2 is 1.89 bits per heavy atom. The van der Waals surface area contributed by atoms with Crippen LogP contribution in [0, 0.1) is 0 Å². The number of aromatic nitrogens is 2. The lowest BCUT2D eigenvalue weighted by Gasteiger charge is -2.19. The van der Waals surface area contributed by atoms with Crippen molar-refractivity contribution in [3.05, 3.63) is 30.0 Å². The summed E-state index contributed by atoms with van der Waals surface area (Å²) in [6.45, 7) is 5.36. The Balaban J connectivity index is 2.46. The van der Waals surface area contributed by atoms with Gasteiger partial charge in [0.1, 0.15) is 5.60 Å². The van der Waals surface area contributed by atoms with Gasteiger partial charge in [-0.1, -0.05) is 18.2 Å². The van der Waals surface area contributed by atoms with Crippen molar-refractivity contribution >= 4 is 22.6 Å². The number of ether oxygens (including phenoxy) is 1. The number of hydrogen-bond donors (Lipinski definition) is 1. The van der Waals surface area contributed by atoms with Crippen LogP contribution in [0.15, 0.2) is 24.3 Å². The second kappa shape index (κ2) is 4.25. The normalized spacial score (nSPS) is 11.5. The molecule has 94 valence electrons. The standard InChI is InChI=1S/C13H15N3O2/c1-13(2,3)18-12(17)11-10(14)8-6-4-5-7-9(8)15-16-11/h4-7H,1-3H3,(H2,14,15). The van der Waals surface area contributed by atoms with Gasteiger partial charge in [-0.2, -0.15) is 0 Å². The van der Waals surface area contributed by atoms with Gasteiger partial charge in [0.2, 0.25) is 0 Å². The number of nitrogen functional groups attached to an aromatic ring is 1. The summed E-state index contributed by atoms with van der Waals surface area (Å²) >= 11 is 0. The van der Waals surface area contributed by atoms with E-state index in [1.54, 1.807) is 32.9 Å². The molecule has 0 saturated carbocycles. The Kier molecular flexibility index (Phi) is 2.90. The van der Waals surface area contributed by atoms with Crippen LogP contribution < -0.4 is 5.73 Å². The van der Waals surface area contributed by atoms with Gasteiger partial charge in [0.15, 0.2) is 5.69 Å². The number of carbonyl (C=O) groups excluding carboxylic acids is 1. The van der Waals surface area contributed by atoms with Crippen molar-refractivity contribution in [2.24, 2.45) is 0 Å². The van der Waals surface area contributed by atoms with Gasteiger partial charge in [0.05, 0.1) is 11.2 Å². The number of rotatable bonds is 1. The predicted octanol–water partition coefficient (Wildman–Crippen LogP) is 2.17. The largest absolute Gasteiger partial charge is 0.455 e. The van der Waals surface area contributed by atoms with Crippen LogP contribution in [0.25, 0.3) is 10.9 Å². The molecule has 1 aromatic carbocycles. The average molecular weight is 245 g/mol. The highest BCUT2D eigenvalue weighted by Crippen LogP contribution is 2.22. The zero-order chi connectivity index (χ0) is 13.3. The number of hydrogen-bond acceptors (Lipinski definition) is 5. The first kappa shape index (κ1) is 12.3. The van der Waals surface area contributed by atoms with Gasteiger partial charge in [0.25, 0.3) is 0 Å². The molecule has 0 unspecified atom stereocenters. The minimum absolute atomic E-state index is 0.0589. The fourth-order valence-electron chi connectivity index (χ4n) is 1.55. The summed E-state index contributed by atoms with van der Waals surface area (Å²) in [6, 6.07) is 7.26. The SMILES string of the molecule is CC(C)(C)OC(=O)c1nnc2ccccc2c1N. The van der Waals surface area contributed by atoms with E-state index in [9.17, 15) is 4.79 Å². The van der Waals surface area contributed by atoms with E-state index in [1.807, 2.05) is 12.1 Å². The number of anilines is 1. The van der Waals surface area contributed by atoms with Crippen molar-refractivity contribution in [3.8, 4) is 0 Å². The van der Waals surface area contributed by atoms with Gasteiger partial charge in [-0.3, -0.25) is 0 Å². The summed E-state index contributed by atoms with van der Waals surface area (Å²) in [7, 11) is 0. The van der Waals surface area contributed by atoms with Crippen LogP contribution in [0.2, 0.25) is 0 Å². The molecule has 0 atom stereocenters. The average Bonchev–Trinajstić information content (AvgIpc) is 2.27. The molecule has 0 fully saturated rings. The maximum Gasteiger partial charge on any atom is 0.361 e. The van der Waals surface area contributed by atoms with Crippen molar-refractivity contribution in [1.29, 1.82) is 0 Å². The third-order valence-corrected chi connectivity index (χ3v) is 2.30. The predicted molar refractivity (Wildman–Crippen MR) is 69.1 cm³/mol. The molecule has 0 spiro atoms. The monoisotopic (exact) mass is 245 g/mol. The van der Waals surface area contributed by atoms with Crippen molar-refractivity contribution in [1.82, 2.24) is 10.2 Å².